The normalized spacial score (nSPS) is 19.6. The molecule has 2 atom stereocenters. The molecule has 1 aromatic carbocycles. The molecule has 3 amide bonds. The van der Waals surface area contributed by atoms with E-state index < -0.39 is 24.3 Å². The third-order valence-corrected chi connectivity index (χ3v) is 3.81. The zero-order chi connectivity index (χ0) is 16.1. The second-order valence-electron chi connectivity index (χ2n) is 5.20. The zero-order valence-electron chi connectivity index (χ0n) is 12.1. The maximum absolute atomic E-state index is 11.8. The van der Waals surface area contributed by atoms with E-state index in [4.69, 9.17) is 10.9 Å². The van der Waals surface area contributed by atoms with Crippen molar-refractivity contribution < 1.29 is 19.8 Å². The van der Waals surface area contributed by atoms with Crippen LogP contribution in [0.25, 0.3) is 0 Å². The average molecular weight is 308 g/mol. The van der Waals surface area contributed by atoms with E-state index in [0.717, 1.165) is 5.56 Å². The molecule has 22 heavy (non-hydrogen) atoms. The van der Waals surface area contributed by atoms with Crippen molar-refractivity contribution in [1.29, 1.82) is 0 Å². The Kier molecular flexibility index (Phi) is 5.18. The standard InChI is InChI=1S/C14H20N4O4/c15-16-13(20)18-7-6-17(14(21)22)9-11(18)12(19)8-10-4-2-1-3-5-10/h1-5,11-12,19H,6-9,15H2,(H,16,20)(H,21,22)/t11-,12?/m0/s1. The molecule has 0 radical (unpaired) electrons. The summed E-state index contributed by atoms with van der Waals surface area (Å²) in [5.74, 6) is 5.16. The lowest BCUT2D eigenvalue weighted by molar-refractivity contribution is 0.0170. The monoisotopic (exact) mass is 308 g/mol. The summed E-state index contributed by atoms with van der Waals surface area (Å²) in [6, 6.07) is 8.16. The average Bonchev–Trinajstić information content (AvgIpc) is 2.54. The molecule has 120 valence electrons. The molecule has 5 N–H and O–H groups in total. The largest absolute Gasteiger partial charge is 0.465 e. The first-order chi connectivity index (χ1) is 10.5. The van der Waals surface area contributed by atoms with Crippen LogP contribution in [-0.4, -0.2) is 63.9 Å². The van der Waals surface area contributed by atoms with Gasteiger partial charge in [0.2, 0.25) is 0 Å². The predicted octanol–water partition coefficient (Wildman–Crippen LogP) is -0.162. The number of amides is 3. The summed E-state index contributed by atoms with van der Waals surface area (Å²) < 4.78 is 0. The van der Waals surface area contributed by atoms with Crippen LogP contribution >= 0.6 is 0 Å². The van der Waals surface area contributed by atoms with Crippen LogP contribution in [0, 0.1) is 0 Å². The van der Waals surface area contributed by atoms with Crippen molar-refractivity contribution >= 4 is 12.1 Å². The number of carbonyl (C=O) groups is 2. The summed E-state index contributed by atoms with van der Waals surface area (Å²) in [5, 5.41) is 19.6. The number of carboxylic acid groups (broad SMARTS) is 1. The highest BCUT2D eigenvalue weighted by Crippen LogP contribution is 2.17. The fourth-order valence-electron chi connectivity index (χ4n) is 2.64. The molecule has 1 aromatic rings. The topological polar surface area (TPSA) is 119 Å². The van der Waals surface area contributed by atoms with E-state index in [2.05, 4.69) is 0 Å². The van der Waals surface area contributed by atoms with E-state index in [1.54, 1.807) is 0 Å². The van der Waals surface area contributed by atoms with Gasteiger partial charge in [0.1, 0.15) is 0 Å². The Morgan fingerprint density at radius 2 is 2.00 bits per heavy atom. The number of nitrogens with one attached hydrogen (secondary N) is 1. The van der Waals surface area contributed by atoms with Gasteiger partial charge in [0, 0.05) is 26.1 Å². The van der Waals surface area contributed by atoms with Crippen molar-refractivity contribution in [3.8, 4) is 0 Å². The molecule has 0 saturated carbocycles. The van der Waals surface area contributed by atoms with Crippen molar-refractivity contribution in [2.75, 3.05) is 19.6 Å². The number of benzene rings is 1. The fourth-order valence-corrected chi connectivity index (χ4v) is 2.64. The summed E-state index contributed by atoms with van der Waals surface area (Å²) in [4.78, 5) is 25.5. The number of rotatable bonds is 3. The summed E-state index contributed by atoms with van der Waals surface area (Å²) in [7, 11) is 0. The third-order valence-electron chi connectivity index (χ3n) is 3.81. The van der Waals surface area contributed by atoms with Gasteiger partial charge >= 0.3 is 12.1 Å². The van der Waals surface area contributed by atoms with Crippen molar-refractivity contribution in [3.63, 3.8) is 0 Å². The van der Waals surface area contributed by atoms with Crippen LogP contribution in [0.4, 0.5) is 9.59 Å². The molecule has 1 fully saturated rings. The predicted molar refractivity (Wildman–Crippen MR) is 79.0 cm³/mol. The van der Waals surface area contributed by atoms with E-state index >= 15 is 0 Å². The van der Waals surface area contributed by atoms with Crippen LogP contribution in [0.15, 0.2) is 30.3 Å². The fraction of sp³-hybridized carbons (Fsp3) is 0.429. The lowest BCUT2D eigenvalue weighted by atomic mass is 9.99. The summed E-state index contributed by atoms with van der Waals surface area (Å²) in [5.41, 5.74) is 2.95. The lowest BCUT2D eigenvalue weighted by Crippen LogP contribution is -2.63. The minimum Gasteiger partial charge on any atom is -0.465 e. The minimum atomic E-state index is -1.07. The SMILES string of the molecule is NNC(=O)N1CCN(C(=O)O)C[C@H]1C(O)Cc1ccccc1. The number of hydrogen-bond donors (Lipinski definition) is 4. The summed E-state index contributed by atoms with van der Waals surface area (Å²) in [6.45, 7) is 0.430. The van der Waals surface area contributed by atoms with Gasteiger partial charge < -0.3 is 20.0 Å². The van der Waals surface area contributed by atoms with Gasteiger partial charge in [0.05, 0.1) is 12.1 Å². The highest BCUT2D eigenvalue weighted by molar-refractivity contribution is 5.74. The maximum Gasteiger partial charge on any atom is 0.407 e. The number of nitrogens with zero attached hydrogens (tertiary/aromatic N) is 2. The smallest absolute Gasteiger partial charge is 0.407 e. The summed E-state index contributed by atoms with van der Waals surface area (Å²) in [6.07, 6.45) is -1.63. The Morgan fingerprint density at radius 1 is 1.32 bits per heavy atom. The highest BCUT2D eigenvalue weighted by atomic mass is 16.4. The number of carbonyl (C=O) groups excluding carboxylic acids is 1. The van der Waals surface area contributed by atoms with Crippen molar-refractivity contribution in [2.24, 2.45) is 5.84 Å². The van der Waals surface area contributed by atoms with Gasteiger partial charge in [-0.1, -0.05) is 30.3 Å². The van der Waals surface area contributed by atoms with E-state index in [1.165, 1.54) is 9.80 Å². The minimum absolute atomic E-state index is 0.0523. The number of nitrogens with two attached hydrogens (primary N) is 1. The molecule has 1 aliphatic rings. The van der Waals surface area contributed by atoms with Crippen LogP contribution in [0.3, 0.4) is 0 Å². The van der Waals surface area contributed by atoms with Crippen LogP contribution in [0.2, 0.25) is 0 Å². The van der Waals surface area contributed by atoms with E-state index in [9.17, 15) is 14.7 Å². The molecule has 0 aromatic heterocycles. The van der Waals surface area contributed by atoms with E-state index in [1.807, 2.05) is 35.8 Å². The molecular formula is C14H20N4O4. The second kappa shape index (κ2) is 7.10. The number of hydrazine groups is 1. The Balaban J connectivity index is 2.13. The highest BCUT2D eigenvalue weighted by Gasteiger charge is 2.36. The van der Waals surface area contributed by atoms with Crippen LogP contribution in [-0.2, 0) is 6.42 Å². The second-order valence-corrected chi connectivity index (χ2v) is 5.20. The van der Waals surface area contributed by atoms with Crippen LogP contribution in [0.5, 0.6) is 0 Å². The zero-order valence-corrected chi connectivity index (χ0v) is 12.1. The molecule has 8 heteroatoms. The number of piperazine rings is 1. The van der Waals surface area contributed by atoms with Gasteiger partial charge in [-0.25, -0.2) is 15.4 Å². The first-order valence-electron chi connectivity index (χ1n) is 7.00. The lowest BCUT2D eigenvalue weighted by Gasteiger charge is -2.42. The van der Waals surface area contributed by atoms with Gasteiger partial charge in [0.25, 0.3) is 0 Å². The quantitative estimate of drug-likeness (QED) is 0.351. The molecule has 0 spiro atoms. The molecule has 8 nitrogen and oxygen atoms in total. The maximum atomic E-state index is 11.8. The number of urea groups is 1. The Labute approximate surface area is 128 Å². The molecule has 1 unspecified atom stereocenters. The Morgan fingerprint density at radius 3 is 2.59 bits per heavy atom. The first kappa shape index (κ1) is 16.1. The van der Waals surface area contributed by atoms with Gasteiger partial charge in [-0.15, -0.1) is 0 Å². The van der Waals surface area contributed by atoms with Crippen LogP contribution < -0.4 is 11.3 Å². The molecule has 0 aliphatic carbocycles. The number of hydrogen-bond acceptors (Lipinski definition) is 4. The van der Waals surface area contributed by atoms with E-state index in [-0.39, 0.29) is 19.6 Å². The summed E-state index contributed by atoms with van der Waals surface area (Å²) >= 11 is 0. The van der Waals surface area contributed by atoms with Crippen molar-refractivity contribution in [2.45, 2.75) is 18.6 Å². The molecule has 2 rings (SSSR count). The number of aliphatic hydroxyl groups is 1. The van der Waals surface area contributed by atoms with Crippen LogP contribution in [0.1, 0.15) is 5.56 Å². The number of aliphatic hydroxyl groups excluding tert-OH is 1. The first-order valence-corrected chi connectivity index (χ1v) is 7.00. The third kappa shape index (κ3) is 3.66. The van der Waals surface area contributed by atoms with Gasteiger partial charge in [-0.05, 0) is 5.56 Å². The van der Waals surface area contributed by atoms with Crippen molar-refractivity contribution in [1.82, 2.24) is 15.2 Å². The Bertz CT molecular complexity index is 525. The molecular weight excluding hydrogens is 288 g/mol. The molecule has 1 saturated heterocycles. The van der Waals surface area contributed by atoms with E-state index in [0.29, 0.717) is 6.42 Å². The van der Waals surface area contributed by atoms with Gasteiger partial charge in [0.15, 0.2) is 0 Å². The van der Waals surface area contributed by atoms with Gasteiger partial charge in [-0.2, -0.15) is 0 Å². The van der Waals surface area contributed by atoms with Crippen molar-refractivity contribution in [3.05, 3.63) is 35.9 Å². The Hall–Kier alpha value is -2.32. The van der Waals surface area contributed by atoms with Gasteiger partial charge in [-0.3, -0.25) is 5.43 Å². The molecule has 1 heterocycles. The molecule has 1 aliphatic heterocycles. The molecule has 0 bridgehead atoms.